The lowest BCUT2D eigenvalue weighted by atomic mass is 9.78. The molecule has 2 fully saturated rings. The maximum Gasteiger partial charge on any atom is 0.425 e. The summed E-state index contributed by atoms with van der Waals surface area (Å²) in [6.07, 6.45) is 11.3. The van der Waals surface area contributed by atoms with E-state index in [0.717, 1.165) is 92.6 Å². The highest BCUT2D eigenvalue weighted by Crippen LogP contribution is 2.39. The Bertz CT molecular complexity index is 2320. The van der Waals surface area contributed by atoms with Gasteiger partial charge in [0.05, 0.1) is 19.0 Å². The first kappa shape index (κ1) is 60.3. The third kappa shape index (κ3) is 16.1. The number of rotatable bonds is 12. The van der Waals surface area contributed by atoms with Crippen molar-refractivity contribution in [2.24, 2.45) is 11.8 Å². The Labute approximate surface area is 423 Å². The van der Waals surface area contributed by atoms with E-state index in [9.17, 15) is 14.4 Å². The van der Waals surface area contributed by atoms with Crippen LogP contribution in [-0.4, -0.2) is 75.1 Å². The largest absolute Gasteiger partial charge is 0.452 e. The first-order chi connectivity index (χ1) is 33.8. The number of H-pyrrole nitrogens is 2. The minimum Gasteiger partial charge on any atom is -0.452 e. The van der Waals surface area contributed by atoms with Gasteiger partial charge >= 0.3 is 6.09 Å². The molecule has 3 amide bonds. The van der Waals surface area contributed by atoms with Crippen molar-refractivity contribution < 1.29 is 19.1 Å². The lowest BCUT2D eigenvalue weighted by Crippen LogP contribution is -2.53. The van der Waals surface area contributed by atoms with Crippen LogP contribution in [0.5, 0.6) is 0 Å². The summed E-state index contributed by atoms with van der Waals surface area (Å²) in [5.41, 5.74) is 13.0. The summed E-state index contributed by atoms with van der Waals surface area (Å²) >= 11 is 0. The molecule has 3 atom stereocenters. The van der Waals surface area contributed by atoms with Crippen LogP contribution in [0.3, 0.4) is 0 Å². The smallest absolute Gasteiger partial charge is 0.425 e. The van der Waals surface area contributed by atoms with Crippen LogP contribution in [-0.2, 0) is 27.2 Å². The number of carbonyl (C=O) groups excluding carboxylic acids is 3. The minimum absolute atomic E-state index is 0.0561. The first-order valence-corrected chi connectivity index (χ1v) is 26.6. The molecule has 0 radical (unpaired) electrons. The topological polar surface area (TPSA) is 135 Å². The highest BCUT2D eigenvalue weighted by atomic mass is 16.5. The molecule has 3 aromatic carbocycles. The van der Waals surface area contributed by atoms with Gasteiger partial charge in [0.25, 0.3) is 0 Å². The fourth-order valence-electron chi connectivity index (χ4n) is 8.99. The molecule has 386 valence electrons. The summed E-state index contributed by atoms with van der Waals surface area (Å²) in [6, 6.07) is 21.6. The molecule has 1 aliphatic heterocycles. The molecule has 2 unspecified atom stereocenters. The average molecular weight is 962 g/mol. The van der Waals surface area contributed by atoms with E-state index in [-0.39, 0.29) is 35.7 Å². The molecule has 1 saturated heterocycles. The number of methoxy groups -OCH3 is 1. The Hall–Kier alpha value is -5.84. The molecule has 2 aliphatic rings. The number of allylic oxidation sites excluding steroid dienone is 1. The molecule has 4 N–H and O–H groups in total. The van der Waals surface area contributed by atoms with Crippen LogP contribution in [0.15, 0.2) is 85.3 Å². The van der Waals surface area contributed by atoms with Crippen molar-refractivity contribution in [2.45, 2.75) is 173 Å². The van der Waals surface area contributed by atoms with Gasteiger partial charge in [0.1, 0.15) is 11.9 Å². The highest BCUT2D eigenvalue weighted by molar-refractivity contribution is 5.91. The van der Waals surface area contributed by atoms with Gasteiger partial charge in [0.2, 0.25) is 11.8 Å². The van der Waals surface area contributed by atoms with E-state index in [4.69, 9.17) is 9.72 Å². The summed E-state index contributed by atoms with van der Waals surface area (Å²) in [5.74, 6) is 0.899. The number of hydrogen-bond donors (Lipinski definition) is 4. The number of nitrogens with one attached hydrogen (secondary N) is 4. The number of nitrogens with zero attached hydrogens (tertiary/aromatic N) is 3. The van der Waals surface area contributed by atoms with E-state index in [1.807, 2.05) is 87.3 Å². The van der Waals surface area contributed by atoms with Crippen molar-refractivity contribution in [1.82, 2.24) is 35.6 Å². The molecule has 0 bridgehead atoms. The third-order valence-electron chi connectivity index (χ3n) is 12.4. The molecular weight excluding hydrogens is 871 g/mol. The lowest BCUT2D eigenvalue weighted by molar-refractivity contribution is -0.142. The predicted octanol–water partition coefficient (Wildman–Crippen LogP) is 14.7. The SMILES string of the molecule is C=C(C)NC(C(=O)N1CCCC1)C(C)C.CC.CC.CC.CC.CCc1c[nH]c(-c2ccc(-c3ccc4cc(-c5cnc([C@@H]6CCCCC6C(=O)N(NC(=O)OC)C(C)C)[nH]5)ccc4c3)cc2)c1CC. The second-order valence-electron chi connectivity index (χ2n) is 17.5. The van der Waals surface area contributed by atoms with Gasteiger partial charge in [-0.3, -0.25) is 9.59 Å². The van der Waals surface area contributed by atoms with Gasteiger partial charge < -0.3 is 24.9 Å². The number of hydrazine groups is 1. The molecule has 3 heterocycles. The highest BCUT2D eigenvalue weighted by Gasteiger charge is 2.38. The molecule has 11 nitrogen and oxygen atoms in total. The van der Waals surface area contributed by atoms with Crippen LogP contribution < -0.4 is 10.7 Å². The van der Waals surface area contributed by atoms with Gasteiger partial charge in [-0.2, -0.15) is 0 Å². The van der Waals surface area contributed by atoms with E-state index in [1.54, 1.807) is 0 Å². The van der Waals surface area contributed by atoms with Crippen molar-refractivity contribution in [3.05, 3.63) is 102 Å². The van der Waals surface area contributed by atoms with Gasteiger partial charge in [-0.25, -0.2) is 20.2 Å². The summed E-state index contributed by atoms with van der Waals surface area (Å²) in [6.45, 7) is 35.8. The quantitative estimate of drug-likeness (QED) is 0.0920. The summed E-state index contributed by atoms with van der Waals surface area (Å²) in [5, 5.41) is 6.89. The third-order valence-corrected chi connectivity index (χ3v) is 12.4. The standard InChI is InChI=1S/C39H45N5O3.C12H22N2O.4C2H6/c1-6-25-22-40-36(32(25)7-2)27-14-12-26(13-15-27)28-16-17-30-21-31(19-18-29(30)20-28)35-23-41-37(42-35)33-10-8-9-11-34(33)38(45)44(24(3)4)43-39(46)47-5;1-9(2)11(13-10(3)4)12(15)14-7-5-6-8-14;4*1-2/h12-24,33-34,40H,6-11H2,1-5H3,(H,41,42)(H,43,46);9,11,13H,3,5-8H2,1-2,4H3;4*1-2H3/t33-,34?;;;;;/m1...../s1. The van der Waals surface area contributed by atoms with Crippen molar-refractivity contribution in [1.29, 1.82) is 0 Å². The van der Waals surface area contributed by atoms with Crippen molar-refractivity contribution in [2.75, 3.05) is 20.2 Å². The second kappa shape index (κ2) is 31.4. The summed E-state index contributed by atoms with van der Waals surface area (Å²) in [4.78, 5) is 51.5. The number of aromatic nitrogens is 3. The maximum atomic E-state index is 13.7. The van der Waals surface area contributed by atoms with Gasteiger partial charge in [0, 0.05) is 54.1 Å². The molecule has 70 heavy (non-hydrogen) atoms. The fourth-order valence-corrected chi connectivity index (χ4v) is 8.99. The normalized spacial score (nSPS) is 15.2. The molecule has 1 saturated carbocycles. The van der Waals surface area contributed by atoms with Gasteiger partial charge in [-0.05, 0) is 116 Å². The molecule has 5 aromatic rings. The number of ether oxygens (including phenoxy) is 1. The number of amides is 3. The van der Waals surface area contributed by atoms with Crippen LogP contribution in [0, 0.1) is 11.8 Å². The van der Waals surface area contributed by atoms with Crippen molar-refractivity contribution >= 4 is 28.7 Å². The number of aromatic amines is 2. The Balaban J connectivity index is 0.000000614. The van der Waals surface area contributed by atoms with Crippen molar-refractivity contribution in [3.8, 4) is 33.6 Å². The lowest BCUT2D eigenvalue weighted by Gasteiger charge is -2.35. The number of imidazole rings is 1. The Morgan fingerprint density at radius 2 is 1.34 bits per heavy atom. The van der Waals surface area contributed by atoms with E-state index < -0.39 is 6.09 Å². The van der Waals surface area contributed by atoms with Crippen molar-refractivity contribution in [3.63, 3.8) is 0 Å². The van der Waals surface area contributed by atoms with Crippen LogP contribution >= 0.6 is 0 Å². The zero-order valence-electron chi connectivity index (χ0n) is 46.1. The predicted molar refractivity (Wildman–Crippen MR) is 296 cm³/mol. The van der Waals surface area contributed by atoms with Crippen LogP contribution in [0.1, 0.15) is 165 Å². The van der Waals surface area contributed by atoms with Gasteiger partial charge in [0.15, 0.2) is 0 Å². The van der Waals surface area contributed by atoms with Crippen LogP contribution in [0.25, 0.3) is 44.4 Å². The van der Waals surface area contributed by atoms with Crippen LogP contribution in [0.4, 0.5) is 4.79 Å². The van der Waals surface area contributed by atoms with E-state index in [2.05, 4.69) is 122 Å². The molecule has 11 heteroatoms. The molecule has 2 aromatic heterocycles. The monoisotopic (exact) mass is 962 g/mol. The number of hydrogen-bond acceptors (Lipinski definition) is 6. The Morgan fingerprint density at radius 3 is 1.89 bits per heavy atom. The molecule has 0 spiro atoms. The zero-order valence-corrected chi connectivity index (χ0v) is 46.1. The maximum absolute atomic E-state index is 13.7. The van der Waals surface area contributed by atoms with Gasteiger partial charge in [-0.15, -0.1) is 0 Å². The molecular formula is C59H91N7O4. The van der Waals surface area contributed by atoms with E-state index in [1.165, 1.54) is 51.0 Å². The van der Waals surface area contributed by atoms with E-state index in [0.29, 0.717) is 5.92 Å². The van der Waals surface area contributed by atoms with E-state index >= 15 is 0 Å². The number of aryl methyl sites for hydroxylation is 1. The number of carbonyl (C=O) groups is 3. The second-order valence-corrected chi connectivity index (χ2v) is 17.5. The number of fused-ring (bicyclic) bond motifs is 1. The average Bonchev–Trinajstić information content (AvgIpc) is 4.22. The molecule has 1 aliphatic carbocycles. The molecule has 7 rings (SSSR count). The van der Waals surface area contributed by atoms with Crippen LogP contribution in [0.2, 0.25) is 0 Å². The Kier molecular flexibility index (Phi) is 27.0. The summed E-state index contributed by atoms with van der Waals surface area (Å²) < 4.78 is 4.76. The zero-order chi connectivity index (χ0) is 52.5. The Morgan fingerprint density at radius 1 is 0.786 bits per heavy atom. The summed E-state index contributed by atoms with van der Waals surface area (Å²) in [7, 11) is 1.30. The number of likely N-dealkylation sites (tertiary alicyclic amines) is 1. The van der Waals surface area contributed by atoms with Gasteiger partial charge in [-0.1, -0.05) is 151 Å². The minimum atomic E-state index is -0.649. The number of benzene rings is 3. The first-order valence-electron chi connectivity index (χ1n) is 26.6. The fraction of sp³-hybridized carbons (Fsp3) is 0.525.